The van der Waals surface area contributed by atoms with Crippen molar-refractivity contribution >= 4 is 17.4 Å². The van der Waals surface area contributed by atoms with Gasteiger partial charge in [-0.2, -0.15) is 0 Å². The van der Waals surface area contributed by atoms with Gasteiger partial charge in [-0.25, -0.2) is 0 Å². The quantitative estimate of drug-likeness (QED) is 0.707. The fourth-order valence-corrected chi connectivity index (χ4v) is 2.41. The Balaban J connectivity index is 2.71. The van der Waals surface area contributed by atoms with Crippen LogP contribution in [0.1, 0.15) is 5.56 Å². The Morgan fingerprint density at radius 2 is 2.17 bits per heavy atom. The summed E-state index contributed by atoms with van der Waals surface area (Å²) in [5.41, 5.74) is 8.04. The lowest BCUT2D eigenvalue weighted by molar-refractivity contribution is 0.0365. The zero-order chi connectivity index (χ0) is 13.4. The van der Waals surface area contributed by atoms with Gasteiger partial charge in [0.05, 0.1) is 12.7 Å². The first kappa shape index (κ1) is 15.3. The summed E-state index contributed by atoms with van der Waals surface area (Å²) in [6.45, 7) is 1.81. The van der Waals surface area contributed by atoms with E-state index in [-0.39, 0.29) is 6.10 Å². The van der Waals surface area contributed by atoms with E-state index in [1.54, 1.807) is 26.0 Å². The molecule has 0 heterocycles. The van der Waals surface area contributed by atoms with Crippen molar-refractivity contribution in [1.29, 1.82) is 0 Å². The first-order chi connectivity index (χ1) is 8.76. The molecule has 0 bridgehead atoms. The lowest BCUT2D eigenvalue weighted by Gasteiger charge is -2.18. The Bertz CT molecular complexity index is 361. The number of hydrogen-bond donors (Lipinski definition) is 2. The molecule has 0 aliphatic rings. The highest BCUT2D eigenvalue weighted by atomic mass is 32.2. The molecule has 1 atom stereocenters. The van der Waals surface area contributed by atoms with Crippen LogP contribution in [-0.2, 0) is 16.0 Å². The van der Waals surface area contributed by atoms with Crippen molar-refractivity contribution in [3.8, 4) is 0 Å². The van der Waals surface area contributed by atoms with Crippen LogP contribution >= 0.6 is 11.8 Å². The van der Waals surface area contributed by atoms with Crippen LogP contribution < -0.4 is 11.1 Å². The molecule has 0 radical (unpaired) electrons. The van der Waals surface area contributed by atoms with Crippen molar-refractivity contribution in [3.63, 3.8) is 0 Å². The van der Waals surface area contributed by atoms with Gasteiger partial charge in [0.15, 0.2) is 0 Å². The van der Waals surface area contributed by atoms with Crippen LogP contribution in [0.15, 0.2) is 23.1 Å². The fourth-order valence-electron chi connectivity index (χ4n) is 1.75. The minimum absolute atomic E-state index is 0.0403. The second kappa shape index (κ2) is 8.37. The number of ether oxygens (including phenoxy) is 2. The highest BCUT2D eigenvalue weighted by Gasteiger charge is 2.09. The van der Waals surface area contributed by atoms with Gasteiger partial charge in [-0.05, 0) is 18.4 Å². The van der Waals surface area contributed by atoms with Gasteiger partial charge in [0.2, 0.25) is 0 Å². The van der Waals surface area contributed by atoms with Gasteiger partial charge in [0.25, 0.3) is 0 Å². The van der Waals surface area contributed by atoms with Gasteiger partial charge >= 0.3 is 0 Å². The van der Waals surface area contributed by atoms with E-state index in [2.05, 4.69) is 17.6 Å². The van der Waals surface area contributed by atoms with Gasteiger partial charge in [0, 0.05) is 43.5 Å². The Hall–Kier alpha value is -0.750. The molecule has 0 aromatic heterocycles. The normalized spacial score (nSPS) is 12.4. The third-order valence-electron chi connectivity index (χ3n) is 2.76. The predicted octanol–water partition coefficient (Wildman–Crippen LogP) is 1.94. The summed E-state index contributed by atoms with van der Waals surface area (Å²) in [4.78, 5) is 1.21. The summed E-state index contributed by atoms with van der Waals surface area (Å²) < 4.78 is 10.4. The van der Waals surface area contributed by atoms with Crippen LogP contribution in [0.4, 0.5) is 5.69 Å². The van der Waals surface area contributed by atoms with E-state index in [1.807, 2.05) is 12.1 Å². The number of benzene rings is 1. The molecule has 1 aromatic rings. The van der Waals surface area contributed by atoms with Crippen LogP contribution in [0.5, 0.6) is 0 Å². The van der Waals surface area contributed by atoms with Gasteiger partial charge in [-0.15, -0.1) is 11.8 Å². The highest BCUT2D eigenvalue weighted by molar-refractivity contribution is 7.98. The second-order valence-electron chi connectivity index (χ2n) is 3.88. The van der Waals surface area contributed by atoms with E-state index in [0.29, 0.717) is 19.7 Å². The monoisotopic (exact) mass is 270 g/mol. The first-order valence-corrected chi connectivity index (χ1v) is 7.10. The van der Waals surface area contributed by atoms with E-state index in [0.717, 1.165) is 11.3 Å². The minimum Gasteiger partial charge on any atom is -0.382 e. The topological polar surface area (TPSA) is 56.5 Å². The zero-order valence-electron chi connectivity index (χ0n) is 11.2. The maximum atomic E-state index is 5.82. The van der Waals surface area contributed by atoms with Crippen molar-refractivity contribution in [1.82, 2.24) is 0 Å². The van der Waals surface area contributed by atoms with Crippen LogP contribution in [0.2, 0.25) is 0 Å². The van der Waals surface area contributed by atoms with Crippen LogP contribution in [0, 0.1) is 0 Å². The Kier molecular flexibility index (Phi) is 7.12. The maximum Gasteiger partial charge on any atom is 0.0976 e. The van der Waals surface area contributed by atoms with E-state index in [1.165, 1.54) is 4.90 Å². The van der Waals surface area contributed by atoms with E-state index < -0.39 is 0 Å². The molecule has 3 N–H and O–H groups in total. The molecule has 0 saturated carbocycles. The predicted molar refractivity (Wildman–Crippen MR) is 77.3 cm³/mol. The number of nitrogens with one attached hydrogen (secondary N) is 1. The molecule has 5 heteroatoms. The summed E-state index contributed by atoms with van der Waals surface area (Å²) in [7, 11) is 3.36. The van der Waals surface area contributed by atoms with Crippen molar-refractivity contribution in [3.05, 3.63) is 23.8 Å². The highest BCUT2D eigenvalue weighted by Crippen LogP contribution is 2.26. The van der Waals surface area contributed by atoms with Gasteiger partial charge < -0.3 is 20.5 Å². The molecule has 102 valence electrons. The summed E-state index contributed by atoms with van der Waals surface area (Å²) in [6.07, 6.45) is 2.10. The lowest BCUT2D eigenvalue weighted by Crippen LogP contribution is -2.27. The molecule has 4 nitrogen and oxygen atoms in total. The third-order valence-corrected chi connectivity index (χ3v) is 3.59. The number of nitrogens with two attached hydrogens (primary N) is 1. The van der Waals surface area contributed by atoms with E-state index >= 15 is 0 Å². The molecular formula is C13H22N2O2S. The van der Waals surface area contributed by atoms with Crippen molar-refractivity contribution in [2.75, 3.05) is 38.9 Å². The molecule has 0 aliphatic carbocycles. The molecule has 1 aromatic carbocycles. The molecular weight excluding hydrogens is 248 g/mol. The van der Waals surface area contributed by atoms with Gasteiger partial charge in [-0.3, -0.25) is 0 Å². The molecule has 0 saturated heterocycles. The third kappa shape index (κ3) is 4.17. The van der Waals surface area contributed by atoms with Crippen molar-refractivity contribution in [2.45, 2.75) is 17.5 Å². The molecule has 1 unspecified atom stereocenters. The molecule has 1 rings (SSSR count). The average Bonchev–Trinajstić information content (AvgIpc) is 2.42. The molecule has 0 fully saturated rings. The van der Waals surface area contributed by atoms with Crippen LogP contribution in [0.3, 0.4) is 0 Å². The second-order valence-corrected chi connectivity index (χ2v) is 4.73. The standard InChI is InChI=1S/C13H22N2O2S/c1-16-9-10(17-2)8-15-12-5-4-6-13(18-3)11(12)7-14/h4-6,10,15H,7-9,14H2,1-3H3. The Labute approximate surface area is 113 Å². The number of hydrogen-bond acceptors (Lipinski definition) is 5. The van der Waals surface area contributed by atoms with Crippen LogP contribution in [0.25, 0.3) is 0 Å². The number of methoxy groups -OCH3 is 2. The lowest BCUT2D eigenvalue weighted by atomic mass is 10.1. The van der Waals surface area contributed by atoms with Gasteiger partial charge in [0.1, 0.15) is 0 Å². The molecule has 18 heavy (non-hydrogen) atoms. The number of rotatable bonds is 8. The maximum absolute atomic E-state index is 5.82. The summed E-state index contributed by atoms with van der Waals surface area (Å²) in [5, 5.41) is 3.38. The summed E-state index contributed by atoms with van der Waals surface area (Å²) in [5.74, 6) is 0. The SMILES string of the molecule is COCC(CNc1cccc(SC)c1CN)OC. The minimum atomic E-state index is 0.0403. The Morgan fingerprint density at radius 3 is 2.72 bits per heavy atom. The number of thioether (sulfide) groups is 1. The van der Waals surface area contributed by atoms with Crippen molar-refractivity contribution in [2.24, 2.45) is 5.73 Å². The van der Waals surface area contributed by atoms with Crippen molar-refractivity contribution < 1.29 is 9.47 Å². The number of anilines is 1. The fraction of sp³-hybridized carbons (Fsp3) is 0.538. The molecule has 0 amide bonds. The van der Waals surface area contributed by atoms with Crippen LogP contribution in [-0.4, -0.2) is 39.7 Å². The smallest absolute Gasteiger partial charge is 0.0976 e. The summed E-state index contributed by atoms with van der Waals surface area (Å²) in [6, 6.07) is 6.16. The average molecular weight is 270 g/mol. The first-order valence-electron chi connectivity index (χ1n) is 5.88. The molecule has 0 spiro atoms. The Morgan fingerprint density at radius 1 is 1.39 bits per heavy atom. The molecule has 0 aliphatic heterocycles. The summed E-state index contributed by atoms with van der Waals surface area (Å²) >= 11 is 1.71. The zero-order valence-corrected chi connectivity index (χ0v) is 12.0. The van der Waals surface area contributed by atoms with E-state index in [9.17, 15) is 0 Å². The van der Waals surface area contributed by atoms with Gasteiger partial charge in [-0.1, -0.05) is 6.07 Å². The van der Waals surface area contributed by atoms with E-state index in [4.69, 9.17) is 15.2 Å². The largest absolute Gasteiger partial charge is 0.382 e.